The maximum atomic E-state index is 13.5. The van der Waals surface area contributed by atoms with E-state index < -0.39 is 23.1 Å². The molecule has 0 radical (unpaired) electrons. The lowest BCUT2D eigenvalue weighted by Gasteiger charge is -2.58. The maximum absolute atomic E-state index is 13.5. The van der Waals surface area contributed by atoms with Gasteiger partial charge in [0.1, 0.15) is 17.4 Å². The number of likely N-dealkylation sites (tertiary alicyclic amines) is 1. The number of hydrogen-bond donors (Lipinski definition) is 2. The Kier molecular flexibility index (Phi) is 5.39. The van der Waals surface area contributed by atoms with Gasteiger partial charge in [-0.15, -0.1) is 0 Å². The van der Waals surface area contributed by atoms with Crippen LogP contribution in [0.3, 0.4) is 0 Å². The fraction of sp³-hybridized carbons (Fsp3) is 0.240. The second kappa shape index (κ2) is 8.40. The number of piperidine rings is 1. The lowest BCUT2D eigenvalue weighted by Crippen LogP contribution is -2.67. The molecule has 2 aliphatic heterocycles. The van der Waals surface area contributed by atoms with Crippen molar-refractivity contribution >= 4 is 23.3 Å². The fourth-order valence-corrected chi connectivity index (χ4v) is 4.99. The molecule has 2 N–H and O–H groups in total. The van der Waals surface area contributed by atoms with Gasteiger partial charge in [-0.1, -0.05) is 12.1 Å². The predicted molar refractivity (Wildman–Crippen MR) is 121 cm³/mol. The molecule has 1 unspecified atom stereocenters. The molecule has 2 aliphatic rings. The first-order valence-corrected chi connectivity index (χ1v) is 10.9. The number of pyridine rings is 1. The van der Waals surface area contributed by atoms with Gasteiger partial charge in [0.15, 0.2) is 0 Å². The van der Waals surface area contributed by atoms with Crippen molar-refractivity contribution in [3.8, 4) is 5.75 Å². The Morgan fingerprint density at radius 2 is 1.79 bits per heavy atom. The van der Waals surface area contributed by atoms with Crippen LogP contribution in [0.25, 0.3) is 0 Å². The highest BCUT2D eigenvalue weighted by molar-refractivity contribution is 6.06. The zero-order valence-electron chi connectivity index (χ0n) is 18.1. The van der Waals surface area contributed by atoms with Crippen LogP contribution in [-0.2, 0) is 4.79 Å². The highest BCUT2D eigenvalue weighted by Gasteiger charge is 2.62. The van der Waals surface area contributed by atoms with E-state index in [1.807, 2.05) is 12.1 Å². The predicted octanol–water partition coefficient (Wildman–Crippen LogP) is 4.47. The Labute approximate surface area is 194 Å². The van der Waals surface area contributed by atoms with Crippen LogP contribution in [0.15, 0.2) is 67.0 Å². The van der Waals surface area contributed by atoms with Gasteiger partial charge >= 0.3 is 6.03 Å². The second-order valence-electron chi connectivity index (χ2n) is 8.62. The number of benzene rings is 2. The van der Waals surface area contributed by atoms with Crippen LogP contribution >= 0.6 is 0 Å². The summed E-state index contributed by atoms with van der Waals surface area (Å²) in [7, 11) is 0. The van der Waals surface area contributed by atoms with Crippen LogP contribution in [0.2, 0.25) is 0 Å². The summed E-state index contributed by atoms with van der Waals surface area (Å²) in [5.74, 6) is -1.56. The highest BCUT2D eigenvalue weighted by atomic mass is 19.1. The molecule has 0 aliphatic carbocycles. The van der Waals surface area contributed by atoms with Gasteiger partial charge in [-0.2, -0.15) is 0 Å². The zero-order chi connectivity index (χ0) is 23.9. The van der Waals surface area contributed by atoms with Gasteiger partial charge in [0.25, 0.3) is 0 Å². The Morgan fingerprint density at radius 1 is 1.06 bits per heavy atom. The highest BCUT2D eigenvalue weighted by Crippen LogP contribution is 2.57. The molecule has 5 rings (SSSR count). The summed E-state index contributed by atoms with van der Waals surface area (Å²) in [5.41, 5.74) is 0.790. The third kappa shape index (κ3) is 3.72. The molecule has 1 spiro atoms. The summed E-state index contributed by atoms with van der Waals surface area (Å²) in [5, 5.41) is 12.5. The maximum Gasteiger partial charge on any atom is 0.321 e. The van der Waals surface area contributed by atoms with E-state index in [0.29, 0.717) is 31.6 Å². The molecular weight excluding hydrogens is 442 g/mol. The number of amides is 3. The molecule has 9 heteroatoms. The van der Waals surface area contributed by atoms with Crippen molar-refractivity contribution in [3.05, 3.63) is 84.2 Å². The Morgan fingerprint density at radius 3 is 2.44 bits per heavy atom. The second-order valence-corrected chi connectivity index (χ2v) is 8.62. The van der Waals surface area contributed by atoms with Crippen molar-refractivity contribution < 1.29 is 23.5 Å². The van der Waals surface area contributed by atoms with E-state index in [4.69, 9.17) is 0 Å². The number of phenolic OH excluding ortho intramolecular Hbond substituents is 1. The molecule has 1 atom stereocenters. The molecule has 34 heavy (non-hydrogen) atoms. The molecule has 0 bridgehead atoms. The SMILES string of the molecule is O=C(Nc1cc(F)cc(F)c1)N1CCC2(CC1)C(=O)N(c1cccc(O)c1)C2c1cccnc1. The quantitative estimate of drug-likeness (QED) is 0.560. The monoisotopic (exact) mass is 464 g/mol. The van der Waals surface area contributed by atoms with Gasteiger partial charge in [0.05, 0.1) is 11.5 Å². The van der Waals surface area contributed by atoms with E-state index in [1.54, 1.807) is 46.5 Å². The number of aromatic hydroxyl groups is 1. The molecule has 2 aromatic carbocycles. The number of halogens is 2. The number of carbonyl (C=O) groups excluding carboxylic acids is 2. The number of phenols is 1. The van der Waals surface area contributed by atoms with Crippen molar-refractivity contribution in [1.29, 1.82) is 0 Å². The topological polar surface area (TPSA) is 85.8 Å². The van der Waals surface area contributed by atoms with E-state index >= 15 is 0 Å². The van der Waals surface area contributed by atoms with Crippen LogP contribution in [0, 0.1) is 17.0 Å². The minimum absolute atomic E-state index is 0.0332. The summed E-state index contributed by atoms with van der Waals surface area (Å²) >= 11 is 0. The van der Waals surface area contributed by atoms with E-state index in [9.17, 15) is 23.5 Å². The molecule has 3 aromatic rings. The van der Waals surface area contributed by atoms with Crippen LogP contribution in [0.4, 0.5) is 25.0 Å². The summed E-state index contributed by atoms with van der Waals surface area (Å²) in [4.78, 5) is 33.6. The number of rotatable bonds is 3. The summed E-state index contributed by atoms with van der Waals surface area (Å²) in [6, 6.07) is 12.3. The molecule has 2 saturated heterocycles. The standard InChI is InChI=1S/C25H22F2N4O3/c26-17-11-18(27)13-19(12-17)29-24(34)30-9-6-25(7-10-30)22(16-3-2-8-28-15-16)31(23(25)33)20-4-1-5-21(32)14-20/h1-5,8,11-15,22,32H,6-7,9-10H2,(H,29,34). The molecular formula is C25H22F2N4O3. The number of aromatic nitrogens is 1. The van der Waals surface area contributed by atoms with Crippen molar-refractivity contribution in [2.75, 3.05) is 23.3 Å². The van der Waals surface area contributed by atoms with Crippen LogP contribution in [0.1, 0.15) is 24.4 Å². The molecule has 0 saturated carbocycles. The average Bonchev–Trinajstić information content (AvgIpc) is 2.82. The first-order valence-electron chi connectivity index (χ1n) is 10.9. The van der Waals surface area contributed by atoms with Crippen molar-refractivity contribution in [1.82, 2.24) is 9.88 Å². The van der Waals surface area contributed by atoms with E-state index in [2.05, 4.69) is 10.3 Å². The zero-order valence-corrected chi connectivity index (χ0v) is 18.1. The first kappa shape index (κ1) is 21.8. The Bertz CT molecular complexity index is 1230. The van der Waals surface area contributed by atoms with E-state index in [1.165, 1.54) is 0 Å². The van der Waals surface area contributed by atoms with Gasteiger partial charge in [-0.3, -0.25) is 9.78 Å². The normalized spacial score (nSPS) is 19.1. The van der Waals surface area contributed by atoms with E-state index in [-0.39, 0.29) is 23.4 Å². The van der Waals surface area contributed by atoms with E-state index in [0.717, 1.165) is 23.8 Å². The fourth-order valence-electron chi connectivity index (χ4n) is 4.99. The first-order chi connectivity index (χ1) is 16.4. The summed E-state index contributed by atoms with van der Waals surface area (Å²) in [6.45, 7) is 0.611. The van der Waals surface area contributed by atoms with Crippen molar-refractivity contribution in [3.63, 3.8) is 0 Å². The van der Waals surface area contributed by atoms with Crippen molar-refractivity contribution in [2.45, 2.75) is 18.9 Å². The van der Waals surface area contributed by atoms with Crippen molar-refractivity contribution in [2.24, 2.45) is 5.41 Å². The molecule has 174 valence electrons. The number of urea groups is 1. The van der Waals surface area contributed by atoms with Crippen LogP contribution < -0.4 is 10.2 Å². The number of nitrogens with one attached hydrogen (secondary N) is 1. The lowest BCUT2D eigenvalue weighted by molar-refractivity contribution is -0.144. The van der Waals surface area contributed by atoms with Gasteiger partial charge in [-0.05, 0) is 48.7 Å². The number of β-lactam (4-membered cyclic amide) rings is 1. The number of nitrogens with zero attached hydrogens (tertiary/aromatic N) is 3. The largest absolute Gasteiger partial charge is 0.508 e. The minimum Gasteiger partial charge on any atom is -0.508 e. The Balaban J connectivity index is 1.36. The third-order valence-electron chi connectivity index (χ3n) is 6.59. The van der Waals surface area contributed by atoms with Gasteiger partial charge in [0, 0.05) is 49.0 Å². The average molecular weight is 464 g/mol. The minimum atomic E-state index is -0.778. The molecule has 3 amide bonds. The van der Waals surface area contributed by atoms with Crippen LogP contribution in [0.5, 0.6) is 5.75 Å². The number of carbonyl (C=O) groups is 2. The lowest BCUT2D eigenvalue weighted by atomic mass is 9.62. The third-order valence-corrected chi connectivity index (χ3v) is 6.59. The Hall–Kier alpha value is -4.01. The summed E-state index contributed by atoms with van der Waals surface area (Å²) in [6.07, 6.45) is 4.24. The summed E-state index contributed by atoms with van der Waals surface area (Å²) < 4.78 is 26.9. The molecule has 2 fully saturated rings. The number of anilines is 2. The number of hydrogen-bond acceptors (Lipinski definition) is 4. The molecule has 3 heterocycles. The van der Waals surface area contributed by atoms with Gasteiger partial charge in [-0.25, -0.2) is 13.6 Å². The van der Waals surface area contributed by atoms with Crippen LogP contribution in [-0.4, -0.2) is 40.0 Å². The smallest absolute Gasteiger partial charge is 0.321 e. The molecule has 7 nitrogen and oxygen atoms in total. The van der Waals surface area contributed by atoms with Gasteiger partial charge in [0.2, 0.25) is 5.91 Å². The molecule has 1 aromatic heterocycles. The van der Waals surface area contributed by atoms with Gasteiger partial charge < -0.3 is 20.2 Å².